The molecule has 120 valence electrons. The molecule has 1 aromatic rings. The topological polar surface area (TPSA) is 15.3 Å². The number of alkyl halides is 3. The summed E-state index contributed by atoms with van der Waals surface area (Å²) in [5, 5.41) is 3.25. The van der Waals surface area contributed by atoms with Crippen molar-refractivity contribution in [3.05, 3.63) is 28.2 Å². The number of nitrogens with one attached hydrogen (secondary N) is 1. The van der Waals surface area contributed by atoms with Crippen molar-refractivity contribution < 1.29 is 13.2 Å². The predicted molar refractivity (Wildman–Crippen MR) is 84.7 cm³/mol. The molecule has 0 saturated heterocycles. The summed E-state index contributed by atoms with van der Waals surface area (Å²) in [5.74, 6) is 0. The Balaban J connectivity index is 3.05. The average Bonchev–Trinajstić information content (AvgIpc) is 2.36. The van der Waals surface area contributed by atoms with Crippen LogP contribution < -0.4 is 10.2 Å². The SMILES string of the molecule is CCCNCc1cc(Br)ccc1N(CC(F)(F)F)C(C)C. The van der Waals surface area contributed by atoms with E-state index >= 15 is 0 Å². The zero-order valence-electron chi connectivity index (χ0n) is 12.6. The molecule has 0 aliphatic heterocycles. The summed E-state index contributed by atoms with van der Waals surface area (Å²) in [6, 6.07) is 5.19. The lowest BCUT2D eigenvalue weighted by molar-refractivity contribution is -0.120. The molecular weight excluding hydrogens is 345 g/mol. The third-order valence-corrected chi connectivity index (χ3v) is 3.56. The second kappa shape index (κ2) is 8.03. The van der Waals surface area contributed by atoms with Gasteiger partial charge in [-0.15, -0.1) is 0 Å². The second-order valence-corrected chi connectivity index (χ2v) is 6.20. The summed E-state index contributed by atoms with van der Waals surface area (Å²) in [7, 11) is 0. The van der Waals surface area contributed by atoms with Crippen molar-refractivity contribution in [2.24, 2.45) is 0 Å². The largest absolute Gasteiger partial charge is 0.405 e. The molecule has 0 aliphatic carbocycles. The highest BCUT2D eigenvalue weighted by Crippen LogP contribution is 2.29. The van der Waals surface area contributed by atoms with Crippen molar-refractivity contribution >= 4 is 21.6 Å². The van der Waals surface area contributed by atoms with Gasteiger partial charge in [0.1, 0.15) is 6.54 Å². The highest BCUT2D eigenvalue weighted by atomic mass is 79.9. The van der Waals surface area contributed by atoms with Crippen molar-refractivity contribution in [3.63, 3.8) is 0 Å². The third kappa shape index (κ3) is 6.26. The minimum atomic E-state index is -4.22. The van der Waals surface area contributed by atoms with Crippen LogP contribution in [-0.4, -0.2) is 25.3 Å². The fraction of sp³-hybridized carbons (Fsp3) is 0.600. The number of benzene rings is 1. The minimum absolute atomic E-state index is 0.224. The molecule has 0 bridgehead atoms. The third-order valence-electron chi connectivity index (χ3n) is 3.07. The van der Waals surface area contributed by atoms with Gasteiger partial charge in [0, 0.05) is 22.7 Å². The monoisotopic (exact) mass is 366 g/mol. The Morgan fingerprint density at radius 1 is 1.29 bits per heavy atom. The van der Waals surface area contributed by atoms with Gasteiger partial charge in [0.15, 0.2) is 0 Å². The van der Waals surface area contributed by atoms with E-state index in [2.05, 4.69) is 28.2 Å². The fourth-order valence-corrected chi connectivity index (χ4v) is 2.52. The van der Waals surface area contributed by atoms with Crippen molar-refractivity contribution in [1.82, 2.24) is 5.32 Å². The van der Waals surface area contributed by atoms with Crippen molar-refractivity contribution in [1.29, 1.82) is 0 Å². The summed E-state index contributed by atoms with van der Waals surface area (Å²) in [4.78, 5) is 1.40. The molecule has 0 radical (unpaired) electrons. The minimum Gasteiger partial charge on any atom is -0.360 e. The van der Waals surface area contributed by atoms with Gasteiger partial charge in [-0.05, 0) is 50.6 Å². The van der Waals surface area contributed by atoms with Gasteiger partial charge in [-0.1, -0.05) is 22.9 Å². The lowest BCUT2D eigenvalue weighted by Crippen LogP contribution is -2.40. The Bertz CT molecular complexity index is 447. The molecular formula is C15H22BrF3N2. The van der Waals surface area contributed by atoms with E-state index in [9.17, 15) is 13.2 Å². The highest BCUT2D eigenvalue weighted by Gasteiger charge is 2.32. The molecule has 0 atom stereocenters. The predicted octanol–water partition coefficient (Wildman–Crippen LogP) is 4.73. The lowest BCUT2D eigenvalue weighted by atomic mass is 10.1. The maximum Gasteiger partial charge on any atom is 0.405 e. The van der Waals surface area contributed by atoms with E-state index in [0.717, 1.165) is 23.0 Å². The molecule has 21 heavy (non-hydrogen) atoms. The first-order valence-corrected chi connectivity index (χ1v) is 7.86. The normalized spacial score (nSPS) is 12.0. The van der Waals surface area contributed by atoms with Crippen LogP contribution in [0.2, 0.25) is 0 Å². The second-order valence-electron chi connectivity index (χ2n) is 5.29. The Kier molecular flexibility index (Phi) is 7.00. The van der Waals surface area contributed by atoms with Crippen LogP contribution in [0.15, 0.2) is 22.7 Å². The fourth-order valence-electron chi connectivity index (χ4n) is 2.11. The number of hydrogen-bond donors (Lipinski definition) is 1. The molecule has 0 spiro atoms. The first kappa shape index (κ1) is 18.3. The van der Waals surface area contributed by atoms with Gasteiger partial charge >= 0.3 is 6.18 Å². The number of anilines is 1. The van der Waals surface area contributed by atoms with Crippen molar-refractivity contribution in [2.45, 2.75) is 46.0 Å². The molecule has 1 aromatic carbocycles. The molecule has 6 heteroatoms. The molecule has 0 aromatic heterocycles. The molecule has 0 aliphatic rings. The number of rotatable bonds is 7. The first-order chi connectivity index (χ1) is 9.74. The van der Waals surface area contributed by atoms with Gasteiger partial charge in [0.05, 0.1) is 0 Å². The van der Waals surface area contributed by atoms with Crippen LogP contribution in [0.25, 0.3) is 0 Å². The molecule has 0 fully saturated rings. The van der Waals surface area contributed by atoms with E-state index in [0.29, 0.717) is 12.2 Å². The molecule has 1 N–H and O–H groups in total. The summed E-state index contributed by atoms with van der Waals surface area (Å²) >= 11 is 3.38. The van der Waals surface area contributed by atoms with E-state index in [1.807, 2.05) is 6.07 Å². The van der Waals surface area contributed by atoms with Gasteiger partial charge in [0.25, 0.3) is 0 Å². The lowest BCUT2D eigenvalue weighted by Gasteiger charge is -2.32. The van der Waals surface area contributed by atoms with Crippen LogP contribution in [-0.2, 0) is 6.54 Å². The number of hydrogen-bond acceptors (Lipinski definition) is 2. The molecule has 0 saturated carbocycles. The number of halogens is 4. The summed E-state index contributed by atoms with van der Waals surface area (Å²) in [6.07, 6.45) is -3.23. The van der Waals surface area contributed by atoms with Gasteiger partial charge in [0.2, 0.25) is 0 Å². The Labute approximate surface area is 132 Å². The Hall–Kier alpha value is -0.750. The van der Waals surface area contributed by atoms with E-state index < -0.39 is 12.7 Å². The van der Waals surface area contributed by atoms with Crippen LogP contribution >= 0.6 is 15.9 Å². The molecule has 0 heterocycles. The van der Waals surface area contributed by atoms with E-state index in [1.54, 1.807) is 26.0 Å². The Morgan fingerprint density at radius 3 is 2.48 bits per heavy atom. The summed E-state index contributed by atoms with van der Waals surface area (Å²) in [5.41, 5.74) is 1.50. The van der Waals surface area contributed by atoms with Crippen LogP contribution in [0.1, 0.15) is 32.8 Å². The zero-order valence-corrected chi connectivity index (χ0v) is 14.2. The van der Waals surface area contributed by atoms with Gasteiger partial charge in [-0.2, -0.15) is 13.2 Å². The van der Waals surface area contributed by atoms with E-state index in [1.165, 1.54) is 4.90 Å². The van der Waals surface area contributed by atoms with E-state index in [-0.39, 0.29) is 6.04 Å². The van der Waals surface area contributed by atoms with Crippen molar-refractivity contribution in [3.8, 4) is 0 Å². The van der Waals surface area contributed by atoms with Gasteiger partial charge in [-0.25, -0.2) is 0 Å². The Morgan fingerprint density at radius 2 is 1.95 bits per heavy atom. The van der Waals surface area contributed by atoms with Crippen molar-refractivity contribution in [2.75, 3.05) is 18.0 Å². The van der Waals surface area contributed by atoms with Crippen LogP contribution in [0, 0.1) is 0 Å². The maximum absolute atomic E-state index is 12.8. The smallest absolute Gasteiger partial charge is 0.360 e. The first-order valence-electron chi connectivity index (χ1n) is 7.07. The number of nitrogens with zero attached hydrogens (tertiary/aromatic N) is 1. The van der Waals surface area contributed by atoms with Crippen LogP contribution in [0.5, 0.6) is 0 Å². The average molecular weight is 367 g/mol. The quantitative estimate of drug-likeness (QED) is 0.702. The van der Waals surface area contributed by atoms with E-state index in [4.69, 9.17) is 0 Å². The highest BCUT2D eigenvalue weighted by molar-refractivity contribution is 9.10. The standard InChI is InChI=1S/C15H22BrF3N2/c1-4-7-20-9-12-8-13(16)5-6-14(12)21(11(2)3)10-15(17,18)19/h5-6,8,11,20H,4,7,9-10H2,1-3H3. The molecule has 0 amide bonds. The summed E-state index contributed by atoms with van der Waals surface area (Å²) < 4.78 is 39.3. The molecule has 2 nitrogen and oxygen atoms in total. The summed E-state index contributed by atoms with van der Waals surface area (Å²) in [6.45, 7) is 6.07. The van der Waals surface area contributed by atoms with Crippen LogP contribution in [0.4, 0.5) is 18.9 Å². The van der Waals surface area contributed by atoms with Gasteiger partial charge < -0.3 is 10.2 Å². The molecule has 1 rings (SSSR count). The van der Waals surface area contributed by atoms with Crippen LogP contribution in [0.3, 0.4) is 0 Å². The van der Waals surface area contributed by atoms with Gasteiger partial charge in [-0.3, -0.25) is 0 Å². The zero-order chi connectivity index (χ0) is 16.0. The maximum atomic E-state index is 12.8. The molecule has 0 unspecified atom stereocenters.